The van der Waals surface area contributed by atoms with Crippen LogP contribution in [0.3, 0.4) is 0 Å². The van der Waals surface area contributed by atoms with Crippen molar-refractivity contribution in [3.63, 3.8) is 0 Å². The maximum atomic E-state index is 13.8. The van der Waals surface area contributed by atoms with Gasteiger partial charge in [0.15, 0.2) is 5.75 Å². The Kier molecular flexibility index (Phi) is 3.21. The second kappa shape index (κ2) is 5.17. The summed E-state index contributed by atoms with van der Waals surface area (Å²) in [5.41, 5.74) is 2.25. The molecule has 0 aliphatic rings. The van der Waals surface area contributed by atoms with E-state index in [2.05, 4.69) is 0 Å². The minimum absolute atomic E-state index is 0.149. The second-order valence-electron chi connectivity index (χ2n) is 4.56. The summed E-state index contributed by atoms with van der Waals surface area (Å²) in [5, 5.41) is 12.6. The summed E-state index contributed by atoms with van der Waals surface area (Å²) in [7, 11) is 0. The summed E-state index contributed by atoms with van der Waals surface area (Å²) in [6, 6.07) is 20.9. The summed E-state index contributed by atoms with van der Waals surface area (Å²) >= 11 is 0. The van der Waals surface area contributed by atoms with Crippen molar-refractivity contribution in [3.05, 3.63) is 78.6 Å². The van der Waals surface area contributed by atoms with Crippen molar-refractivity contribution in [1.82, 2.24) is 0 Å². The molecule has 0 heterocycles. The Bertz CT molecular complexity index is 660. The summed E-state index contributed by atoms with van der Waals surface area (Å²) in [5.74, 6) is -0.550. The van der Waals surface area contributed by atoms with Crippen LogP contribution in [0.2, 0.25) is 0 Å². The molecular formula is C18H12FO. The van der Waals surface area contributed by atoms with E-state index in [0.717, 1.165) is 11.1 Å². The van der Waals surface area contributed by atoms with Crippen LogP contribution in [-0.4, -0.2) is 0 Å². The standard InChI is InChI=1S/C18H12FO/c19-15-11-16(13-7-3-1-4-8-13)18(20)17(12-15)14-9-5-2-6-10-14/h1-12H. The fraction of sp³-hybridized carbons (Fsp3) is 0. The molecule has 0 amide bonds. The van der Waals surface area contributed by atoms with Gasteiger partial charge in [-0.2, -0.15) is 0 Å². The maximum absolute atomic E-state index is 13.8. The van der Waals surface area contributed by atoms with E-state index in [1.807, 2.05) is 60.7 Å². The van der Waals surface area contributed by atoms with E-state index in [1.54, 1.807) is 0 Å². The predicted octanol–water partition coefficient (Wildman–Crippen LogP) is 5.30. The lowest BCUT2D eigenvalue weighted by molar-refractivity contribution is 0.357. The molecule has 0 spiro atoms. The van der Waals surface area contributed by atoms with E-state index in [-0.39, 0.29) is 5.75 Å². The van der Waals surface area contributed by atoms with Gasteiger partial charge in [0.25, 0.3) is 0 Å². The summed E-state index contributed by atoms with van der Waals surface area (Å²) in [4.78, 5) is 0. The van der Waals surface area contributed by atoms with Crippen molar-refractivity contribution in [3.8, 4) is 28.0 Å². The van der Waals surface area contributed by atoms with Crippen molar-refractivity contribution in [2.45, 2.75) is 0 Å². The monoisotopic (exact) mass is 263 g/mol. The molecule has 0 bridgehead atoms. The molecule has 97 valence electrons. The molecule has 0 aromatic heterocycles. The lowest BCUT2D eigenvalue weighted by atomic mass is 9.97. The molecule has 0 aliphatic heterocycles. The van der Waals surface area contributed by atoms with Crippen LogP contribution in [0, 0.1) is 5.82 Å². The lowest BCUT2D eigenvalue weighted by Crippen LogP contribution is -1.86. The first-order valence-electron chi connectivity index (χ1n) is 6.37. The highest BCUT2D eigenvalue weighted by Gasteiger charge is 2.14. The van der Waals surface area contributed by atoms with Gasteiger partial charge in [-0.1, -0.05) is 60.7 Å². The number of benzene rings is 3. The van der Waals surface area contributed by atoms with Crippen molar-refractivity contribution < 1.29 is 9.50 Å². The third kappa shape index (κ3) is 2.28. The van der Waals surface area contributed by atoms with Gasteiger partial charge in [0.1, 0.15) is 5.82 Å². The van der Waals surface area contributed by atoms with E-state index < -0.39 is 5.82 Å². The smallest absolute Gasteiger partial charge is 0.194 e. The van der Waals surface area contributed by atoms with Gasteiger partial charge in [0.05, 0.1) is 0 Å². The number of hydrogen-bond donors (Lipinski definition) is 0. The summed E-state index contributed by atoms with van der Waals surface area (Å²) in [6.45, 7) is 0. The molecule has 0 aliphatic carbocycles. The third-order valence-electron chi connectivity index (χ3n) is 3.22. The largest absolute Gasteiger partial charge is 0.289 e. The van der Waals surface area contributed by atoms with Gasteiger partial charge in [0, 0.05) is 11.1 Å². The molecule has 0 saturated carbocycles. The van der Waals surface area contributed by atoms with Crippen molar-refractivity contribution in [2.75, 3.05) is 0 Å². The molecule has 0 atom stereocenters. The molecule has 0 saturated heterocycles. The highest BCUT2D eigenvalue weighted by atomic mass is 19.1. The molecule has 3 rings (SSSR count). The van der Waals surface area contributed by atoms with Gasteiger partial charge in [-0.15, -0.1) is 0 Å². The first-order chi connectivity index (χ1) is 9.75. The van der Waals surface area contributed by atoms with Gasteiger partial charge in [0.2, 0.25) is 0 Å². The Morgan fingerprint density at radius 2 is 1.05 bits per heavy atom. The molecule has 0 N–H and O–H groups in total. The van der Waals surface area contributed by atoms with E-state index in [1.165, 1.54) is 12.1 Å². The van der Waals surface area contributed by atoms with Crippen LogP contribution in [0.25, 0.3) is 22.3 Å². The Hall–Kier alpha value is -2.61. The fourth-order valence-electron chi connectivity index (χ4n) is 2.26. The molecule has 20 heavy (non-hydrogen) atoms. The topological polar surface area (TPSA) is 19.9 Å². The molecule has 1 nitrogen and oxygen atoms in total. The average Bonchev–Trinajstić information content (AvgIpc) is 2.51. The number of hydrogen-bond acceptors (Lipinski definition) is 0. The Labute approximate surface area is 117 Å². The maximum Gasteiger partial charge on any atom is 0.194 e. The SMILES string of the molecule is [O]c1c(-c2ccccc2)cc(F)cc1-c1ccccc1. The van der Waals surface area contributed by atoms with E-state index in [4.69, 9.17) is 0 Å². The normalized spacial score (nSPS) is 10.4. The molecule has 0 unspecified atom stereocenters. The minimum Gasteiger partial charge on any atom is -0.289 e. The van der Waals surface area contributed by atoms with E-state index in [9.17, 15) is 9.50 Å². The zero-order valence-corrected chi connectivity index (χ0v) is 10.7. The highest BCUT2D eigenvalue weighted by Crippen LogP contribution is 2.39. The van der Waals surface area contributed by atoms with Crippen LogP contribution < -0.4 is 0 Å². The molecule has 2 heteroatoms. The van der Waals surface area contributed by atoms with E-state index >= 15 is 0 Å². The van der Waals surface area contributed by atoms with Crippen molar-refractivity contribution in [1.29, 1.82) is 0 Å². The summed E-state index contributed by atoms with van der Waals surface area (Å²) < 4.78 is 13.8. The van der Waals surface area contributed by atoms with Crippen LogP contribution in [0.1, 0.15) is 0 Å². The molecule has 1 radical (unpaired) electrons. The zero-order valence-electron chi connectivity index (χ0n) is 10.7. The molecule has 3 aromatic rings. The first kappa shape index (κ1) is 12.4. The summed E-state index contributed by atoms with van der Waals surface area (Å²) in [6.07, 6.45) is 0. The molecule has 0 fully saturated rings. The van der Waals surface area contributed by atoms with Crippen LogP contribution in [0.4, 0.5) is 4.39 Å². The van der Waals surface area contributed by atoms with Gasteiger partial charge >= 0.3 is 0 Å². The number of rotatable bonds is 2. The fourth-order valence-corrected chi connectivity index (χ4v) is 2.26. The van der Waals surface area contributed by atoms with Gasteiger partial charge < -0.3 is 0 Å². The quantitative estimate of drug-likeness (QED) is 0.597. The Balaban J connectivity index is 2.22. The van der Waals surface area contributed by atoms with Crippen molar-refractivity contribution >= 4 is 0 Å². The first-order valence-corrected chi connectivity index (χ1v) is 6.37. The van der Waals surface area contributed by atoms with Crippen molar-refractivity contribution in [2.24, 2.45) is 0 Å². The van der Waals surface area contributed by atoms with Crippen LogP contribution in [0.5, 0.6) is 5.75 Å². The highest BCUT2D eigenvalue weighted by molar-refractivity contribution is 5.81. The van der Waals surface area contributed by atoms with E-state index in [0.29, 0.717) is 11.1 Å². The predicted molar refractivity (Wildman–Crippen MR) is 77.4 cm³/mol. The Morgan fingerprint density at radius 3 is 1.45 bits per heavy atom. The number of halogens is 1. The Morgan fingerprint density at radius 1 is 0.650 bits per heavy atom. The van der Waals surface area contributed by atoms with Crippen LogP contribution >= 0.6 is 0 Å². The van der Waals surface area contributed by atoms with Gasteiger partial charge in [-0.05, 0) is 23.3 Å². The van der Waals surface area contributed by atoms with Crippen LogP contribution in [-0.2, 0) is 5.11 Å². The van der Waals surface area contributed by atoms with Gasteiger partial charge in [-0.25, -0.2) is 4.39 Å². The lowest BCUT2D eigenvalue weighted by Gasteiger charge is -2.09. The molecule has 3 aromatic carbocycles. The minimum atomic E-state index is -0.401. The average molecular weight is 263 g/mol. The second-order valence-corrected chi connectivity index (χ2v) is 4.56. The van der Waals surface area contributed by atoms with Gasteiger partial charge in [-0.3, -0.25) is 5.11 Å². The third-order valence-corrected chi connectivity index (χ3v) is 3.22. The zero-order chi connectivity index (χ0) is 13.9. The van der Waals surface area contributed by atoms with Crippen LogP contribution in [0.15, 0.2) is 72.8 Å². The molecular weight excluding hydrogens is 251 g/mol.